The van der Waals surface area contributed by atoms with E-state index < -0.39 is 0 Å². The molecule has 4 nitrogen and oxygen atoms in total. The Morgan fingerprint density at radius 1 is 1.25 bits per heavy atom. The van der Waals surface area contributed by atoms with Crippen molar-refractivity contribution in [3.63, 3.8) is 0 Å². The van der Waals surface area contributed by atoms with Gasteiger partial charge in [0.2, 0.25) is 0 Å². The Morgan fingerprint density at radius 3 is 2.65 bits per heavy atom. The molecule has 3 rings (SSSR count). The summed E-state index contributed by atoms with van der Waals surface area (Å²) in [5, 5.41) is 5.71. The predicted octanol–water partition coefficient (Wildman–Crippen LogP) is 3.96. The first-order valence-corrected chi connectivity index (χ1v) is 6.97. The molecule has 0 aliphatic carbocycles. The average Bonchev–Trinajstić information content (AvgIpc) is 3.10. The van der Waals surface area contributed by atoms with Crippen LogP contribution in [0.3, 0.4) is 0 Å². The highest BCUT2D eigenvalue weighted by atomic mass is 32.1. The van der Waals surface area contributed by atoms with Crippen LogP contribution in [0.4, 0.5) is 5.69 Å². The number of thiazole rings is 1. The summed E-state index contributed by atoms with van der Waals surface area (Å²) in [6, 6.07) is 9.34. The Balaban J connectivity index is 1.76. The second-order valence-electron chi connectivity index (χ2n) is 4.30. The fraction of sp³-hybridized carbons (Fsp3) is 0.0667. The first-order chi connectivity index (χ1) is 9.74. The lowest BCUT2D eigenvalue weighted by Crippen LogP contribution is -2.11. The zero-order chi connectivity index (χ0) is 13.9. The summed E-state index contributed by atoms with van der Waals surface area (Å²) in [4.78, 5) is 16.2. The molecule has 20 heavy (non-hydrogen) atoms. The molecule has 3 aromatic rings. The molecule has 0 saturated heterocycles. The summed E-state index contributed by atoms with van der Waals surface area (Å²) < 4.78 is 5.16. The standard InChI is InChI=1S/C15H12N2O2S/c1-10-6-8-19-13(10)14(18)17-12-4-2-11(3-5-12)15-16-7-9-20-15/h2-9H,1H3,(H,17,18). The van der Waals surface area contributed by atoms with Gasteiger partial charge < -0.3 is 9.73 Å². The van der Waals surface area contributed by atoms with Gasteiger partial charge in [-0.1, -0.05) is 0 Å². The van der Waals surface area contributed by atoms with Gasteiger partial charge in [0.05, 0.1) is 6.26 Å². The van der Waals surface area contributed by atoms with E-state index in [2.05, 4.69) is 10.3 Å². The molecule has 0 aliphatic heterocycles. The highest BCUT2D eigenvalue weighted by Crippen LogP contribution is 2.23. The molecular formula is C15H12N2O2S. The Bertz CT molecular complexity index is 715. The number of carbonyl (C=O) groups is 1. The summed E-state index contributed by atoms with van der Waals surface area (Å²) in [5.74, 6) is 0.100. The summed E-state index contributed by atoms with van der Waals surface area (Å²) in [6.45, 7) is 1.84. The van der Waals surface area contributed by atoms with Crippen molar-refractivity contribution in [1.82, 2.24) is 4.98 Å². The summed E-state index contributed by atoms with van der Waals surface area (Å²) in [7, 11) is 0. The van der Waals surface area contributed by atoms with Crippen molar-refractivity contribution in [2.45, 2.75) is 6.92 Å². The van der Waals surface area contributed by atoms with E-state index in [1.807, 2.05) is 36.6 Å². The van der Waals surface area contributed by atoms with Crippen LogP contribution in [0.25, 0.3) is 10.6 Å². The molecule has 1 amide bonds. The van der Waals surface area contributed by atoms with E-state index in [1.165, 1.54) is 6.26 Å². The fourth-order valence-corrected chi connectivity index (χ4v) is 2.50. The van der Waals surface area contributed by atoms with Crippen molar-refractivity contribution in [3.05, 3.63) is 59.5 Å². The number of carbonyl (C=O) groups excluding carboxylic acids is 1. The zero-order valence-corrected chi connectivity index (χ0v) is 11.6. The maximum atomic E-state index is 12.0. The molecule has 0 fully saturated rings. The normalized spacial score (nSPS) is 10.4. The number of rotatable bonds is 3. The van der Waals surface area contributed by atoms with Gasteiger partial charge in [-0.25, -0.2) is 4.98 Å². The molecule has 1 aromatic carbocycles. The monoisotopic (exact) mass is 284 g/mol. The van der Waals surface area contributed by atoms with E-state index >= 15 is 0 Å². The number of hydrogen-bond donors (Lipinski definition) is 1. The van der Waals surface area contributed by atoms with Crippen LogP contribution in [-0.4, -0.2) is 10.9 Å². The van der Waals surface area contributed by atoms with Gasteiger partial charge in [-0.05, 0) is 37.3 Å². The number of amides is 1. The number of hydrogen-bond acceptors (Lipinski definition) is 4. The maximum absolute atomic E-state index is 12.0. The highest BCUT2D eigenvalue weighted by molar-refractivity contribution is 7.13. The topological polar surface area (TPSA) is 55.1 Å². The molecule has 0 aliphatic rings. The molecule has 100 valence electrons. The van der Waals surface area contributed by atoms with Crippen LogP contribution >= 0.6 is 11.3 Å². The third kappa shape index (κ3) is 2.48. The van der Waals surface area contributed by atoms with Gasteiger partial charge in [-0.15, -0.1) is 11.3 Å². The van der Waals surface area contributed by atoms with Crippen molar-refractivity contribution >= 4 is 22.9 Å². The number of aromatic nitrogens is 1. The first-order valence-electron chi connectivity index (χ1n) is 6.09. The molecule has 0 atom stereocenters. The molecule has 1 N–H and O–H groups in total. The van der Waals surface area contributed by atoms with E-state index in [9.17, 15) is 4.79 Å². The molecule has 5 heteroatoms. The van der Waals surface area contributed by atoms with E-state index in [0.717, 1.165) is 21.8 Å². The van der Waals surface area contributed by atoms with E-state index in [-0.39, 0.29) is 5.91 Å². The van der Waals surface area contributed by atoms with Crippen molar-refractivity contribution < 1.29 is 9.21 Å². The molecule has 0 radical (unpaired) electrons. The van der Waals surface area contributed by atoms with Crippen LogP contribution in [0.15, 0.2) is 52.6 Å². The van der Waals surface area contributed by atoms with Crippen molar-refractivity contribution in [1.29, 1.82) is 0 Å². The zero-order valence-electron chi connectivity index (χ0n) is 10.8. The van der Waals surface area contributed by atoms with Crippen LogP contribution in [0, 0.1) is 6.92 Å². The minimum Gasteiger partial charge on any atom is -0.459 e. The van der Waals surface area contributed by atoms with Crippen LogP contribution in [0.2, 0.25) is 0 Å². The minimum absolute atomic E-state index is 0.241. The second-order valence-corrected chi connectivity index (χ2v) is 5.20. The summed E-state index contributed by atoms with van der Waals surface area (Å²) >= 11 is 1.58. The SMILES string of the molecule is Cc1ccoc1C(=O)Nc1ccc(-c2nccs2)cc1. The van der Waals surface area contributed by atoms with E-state index in [1.54, 1.807) is 23.6 Å². The smallest absolute Gasteiger partial charge is 0.291 e. The molecule has 0 bridgehead atoms. The van der Waals surface area contributed by atoms with Gasteiger partial charge in [0.25, 0.3) is 5.91 Å². The molecular weight excluding hydrogens is 272 g/mol. The Hall–Kier alpha value is -2.40. The number of furan rings is 1. The Labute approximate surface area is 120 Å². The van der Waals surface area contributed by atoms with Crippen LogP contribution in [0.1, 0.15) is 16.1 Å². The third-order valence-electron chi connectivity index (χ3n) is 2.89. The number of benzene rings is 1. The fourth-order valence-electron chi connectivity index (χ4n) is 1.86. The molecule has 2 heterocycles. The lowest BCUT2D eigenvalue weighted by Gasteiger charge is -2.04. The second kappa shape index (κ2) is 5.30. The van der Waals surface area contributed by atoms with Crippen LogP contribution in [0.5, 0.6) is 0 Å². The highest BCUT2D eigenvalue weighted by Gasteiger charge is 2.12. The van der Waals surface area contributed by atoms with E-state index in [0.29, 0.717) is 5.76 Å². The minimum atomic E-state index is -0.241. The van der Waals surface area contributed by atoms with Crippen molar-refractivity contribution in [2.75, 3.05) is 5.32 Å². The number of aryl methyl sites for hydroxylation is 1. The molecule has 0 unspecified atom stereocenters. The maximum Gasteiger partial charge on any atom is 0.291 e. The average molecular weight is 284 g/mol. The van der Waals surface area contributed by atoms with Crippen LogP contribution < -0.4 is 5.32 Å². The predicted molar refractivity (Wildman–Crippen MR) is 78.9 cm³/mol. The van der Waals surface area contributed by atoms with Crippen molar-refractivity contribution in [3.8, 4) is 10.6 Å². The van der Waals surface area contributed by atoms with E-state index in [4.69, 9.17) is 4.42 Å². The molecule has 2 aromatic heterocycles. The quantitative estimate of drug-likeness (QED) is 0.792. The van der Waals surface area contributed by atoms with Gasteiger partial charge in [0.1, 0.15) is 5.01 Å². The number of nitrogens with zero attached hydrogens (tertiary/aromatic N) is 1. The van der Waals surface area contributed by atoms with Crippen LogP contribution in [-0.2, 0) is 0 Å². The van der Waals surface area contributed by atoms with Gasteiger partial charge in [0, 0.05) is 28.4 Å². The lowest BCUT2D eigenvalue weighted by molar-refractivity contribution is 0.0996. The first kappa shape index (κ1) is 12.6. The number of nitrogens with one attached hydrogen (secondary N) is 1. The van der Waals surface area contributed by atoms with Gasteiger partial charge in [0.15, 0.2) is 5.76 Å². The Kier molecular flexibility index (Phi) is 3.35. The largest absolute Gasteiger partial charge is 0.459 e. The molecule has 0 saturated carbocycles. The van der Waals surface area contributed by atoms with Gasteiger partial charge in [-0.3, -0.25) is 4.79 Å². The van der Waals surface area contributed by atoms with Crippen molar-refractivity contribution in [2.24, 2.45) is 0 Å². The lowest BCUT2D eigenvalue weighted by atomic mass is 10.2. The summed E-state index contributed by atoms with van der Waals surface area (Å²) in [6.07, 6.45) is 3.28. The molecule has 0 spiro atoms. The number of anilines is 1. The third-order valence-corrected chi connectivity index (χ3v) is 3.71. The summed E-state index contributed by atoms with van der Waals surface area (Å²) in [5.41, 5.74) is 2.58. The Morgan fingerprint density at radius 2 is 2.05 bits per heavy atom. The van der Waals surface area contributed by atoms with Gasteiger partial charge >= 0.3 is 0 Å². The van der Waals surface area contributed by atoms with Gasteiger partial charge in [-0.2, -0.15) is 0 Å².